The first-order chi connectivity index (χ1) is 9.16. The van der Waals surface area contributed by atoms with Gasteiger partial charge >= 0.3 is 0 Å². The van der Waals surface area contributed by atoms with Crippen LogP contribution in [0.1, 0.15) is 10.4 Å². The maximum atomic E-state index is 13.0. The molecule has 0 amide bonds. The van der Waals surface area contributed by atoms with Crippen molar-refractivity contribution >= 4 is 27.4 Å². The van der Waals surface area contributed by atoms with Gasteiger partial charge in [0.05, 0.1) is 4.47 Å². The zero-order valence-corrected chi connectivity index (χ0v) is 11.5. The van der Waals surface area contributed by atoms with Gasteiger partial charge in [-0.2, -0.15) is 0 Å². The molecule has 4 heteroatoms. The van der Waals surface area contributed by atoms with Gasteiger partial charge in [0.2, 0.25) is 0 Å². The minimum absolute atomic E-state index is 0.0886. The highest BCUT2D eigenvalue weighted by atomic mass is 79.9. The minimum Gasteiger partial charge on any atom is -0.362 e. The molecule has 1 N–H and O–H groups in total. The van der Waals surface area contributed by atoms with Crippen molar-refractivity contribution in [2.75, 3.05) is 5.32 Å². The fourth-order valence-corrected chi connectivity index (χ4v) is 1.88. The fourth-order valence-electron chi connectivity index (χ4n) is 1.50. The fraction of sp³-hybridized carbons (Fsp3) is 0. The molecule has 0 aliphatic heterocycles. The van der Waals surface area contributed by atoms with Gasteiger partial charge in [0.1, 0.15) is 5.82 Å². The lowest BCUT2D eigenvalue weighted by atomic mass is 10.1. The monoisotopic (exact) mass is 318 g/mol. The number of hydrogen-bond donors (Lipinski definition) is 1. The molecule has 2 aromatic carbocycles. The van der Waals surface area contributed by atoms with E-state index in [0.717, 1.165) is 0 Å². The van der Waals surface area contributed by atoms with Crippen molar-refractivity contribution in [2.45, 2.75) is 0 Å². The number of hydrogen-bond acceptors (Lipinski definition) is 2. The number of ketones is 1. The molecule has 0 radical (unpaired) electrons. The second-order valence-corrected chi connectivity index (χ2v) is 4.69. The molecule has 2 rings (SSSR count). The Balaban J connectivity index is 2.00. The molecule has 2 nitrogen and oxygen atoms in total. The van der Waals surface area contributed by atoms with Crippen LogP contribution in [0.15, 0.2) is 65.3 Å². The third kappa shape index (κ3) is 3.76. The molecule has 19 heavy (non-hydrogen) atoms. The molecule has 0 spiro atoms. The first kappa shape index (κ1) is 13.5. The summed E-state index contributed by atoms with van der Waals surface area (Å²) in [5, 5.41) is 2.92. The van der Waals surface area contributed by atoms with Crippen LogP contribution in [0.2, 0.25) is 0 Å². The lowest BCUT2D eigenvalue weighted by molar-refractivity contribution is 0.104. The maximum absolute atomic E-state index is 13.0. The number of anilines is 1. The van der Waals surface area contributed by atoms with Crippen LogP contribution in [0.4, 0.5) is 10.1 Å². The Kier molecular flexibility index (Phi) is 4.47. The van der Waals surface area contributed by atoms with Crippen molar-refractivity contribution < 1.29 is 9.18 Å². The highest BCUT2D eigenvalue weighted by Crippen LogP contribution is 2.19. The summed E-state index contributed by atoms with van der Waals surface area (Å²) in [6, 6.07) is 13.5. The highest BCUT2D eigenvalue weighted by molar-refractivity contribution is 9.10. The van der Waals surface area contributed by atoms with E-state index in [9.17, 15) is 9.18 Å². The Bertz CT molecular complexity index is 611. The van der Waals surface area contributed by atoms with E-state index in [0.29, 0.717) is 15.7 Å². The van der Waals surface area contributed by atoms with E-state index in [1.807, 2.05) is 18.2 Å². The number of carbonyl (C=O) groups is 1. The largest absolute Gasteiger partial charge is 0.362 e. The summed E-state index contributed by atoms with van der Waals surface area (Å²) in [5.74, 6) is -0.413. The number of rotatable bonds is 4. The van der Waals surface area contributed by atoms with Gasteiger partial charge in [-0.15, -0.1) is 0 Å². The van der Waals surface area contributed by atoms with Crippen molar-refractivity contribution in [2.24, 2.45) is 0 Å². The molecular formula is C15H11BrFNO. The van der Waals surface area contributed by atoms with Crippen LogP contribution in [-0.4, -0.2) is 5.78 Å². The average molecular weight is 319 g/mol. The van der Waals surface area contributed by atoms with Gasteiger partial charge in [-0.3, -0.25) is 4.79 Å². The molecule has 0 aliphatic carbocycles. The van der Waals surface area contributed by atoms with Crippen LogP contribution in [0, 0.1) is 5.82 Å². The SMILES string of the molecule is O=C(/C=C/Nc1ccc([18F])c(Br)c1)c1ccccc1. The number of halogens is 2. The maximum Gasteiger partial charge on any atom is 0.187 e. The molecule has 2 aromatic rings. The Morgan fingerprint density at radius 1 is 1.16 bits per heavy atom. The normalized spacial score (nSPS) is 10.6. The van der Waals surface area contributed by atoms with Gasteiger partial charge in [-0.25, -0.2) is 4.39 Å². The van der Waals surface area contributed by atoms with E-state index in [-0.39, 0.29) is 11.6 Å². The quantitative estimate of drug-likeness (QED) is 0.669. The lowest BCUT2D eigenvalue weighted by Crippen LogP contribution is -1.96. The summed E-state index contributed by atoms with van der Waals surface area (Å²) >= 11 is 3.10. The molecule has 0 unspecified atom stereocenters. The smallest absolute Gasteiger partial charge is 0.187 e. The van der Waals surface area contributed by atoms with Crippen LogP contribution >= 0.6 is 15.9 Å². The van der Waals surface area contributed by atoms with E-state index >= 15 is 0 Å². The summed E-state index contributed by atoms with van der Waals surface area (Å²) in [4.78, 5) is 11.8. The lowest BCUT2D eigenvalue weighted by Gasteiger charge is -2.01. The molecule has 0 saturated carbocycles. The average Bonchev–Trinajstić information content (AvgIpc) is 2.43. The van der Waals surface area contributed by atoms with E-state index < -0.39 is 0 Å². The van der Waals surface area contributed by atoms with E-state index in [1.54, 1.807) is 24.3 Å². The number of benzene rings is 2. The summed E-state index contributed by atoms with van der Waals surface area (Å²) in [6.07, 6.45) is 2.97. The third-order valence-electron chi connectivity index (χ3n) is 2.46. The molecule has 0 fully saturated rings. The molecule has 0 aromatic heterocycles. The molecule has 0 aliphatic rings. The zero-order chi connectivity index (χ0) is 13.7. The summed E-state index contributed by atoms with van der Waals surface area (Å²) in [6.45, 7) is 0. The van der Waals surface area contributed by atoms with Crippen LogP contribution in [0.3, 0.4) is 0 Å². The highest BCUT2D eigenvalue weighted by Gasteiger charge is 2.00. The van der Waals surface area contributed by atoms with Gasteiger partial charge < -0.3 is 5.32 Å². The number of nitrogens with one attached hydrogen (secondary N) is 1. The summed E-state index contributed by atoms with van der Waals surface area (Å²) in [5.41, 5.74) is 1.33. The second kappa shape index (κ2) is 6.29. The minimum atomic E-state index is -0.324. The van der Waals surface area contributed by atoms with E-state index in [4.69, 9.17) is 0 Å². The van der Waals surface area contributed by atoms with E-state index in [2.05, 4.69) is 21.2 Å². The standard InChI is InChI=1S/C15H11BrFNO/c16-13-10-12(6-7-14(13)17)18-9-8-15(19)11-4-2-1-3-5-11/h1-10,18H/b9-8+/i17-1. The number of allylic oxidation sites excluding steroid dienone is 1. The molecule has 0 bridgehead atoms. The molecular weight excluding hydrogens is 308 g/mol. The predicted molar refractivity (Wildman–Crippen MR) is 77.6 cm³/mol. The van der Waals surface area contributed by atoms with Crippen LogP contribution < -0.4 is 5.32 Å². The molecule has 0 atom stereocenters. The van der Waals surface area contributed by atoms with Crippen molar-refractivity contribution in [3.8, 4) is 0 Å². The molecule has 0 heterocycles. The summed E-state index contributed by atoms with van der Waals surface area (Å²) < 4.78 is 13.4. The zero-order valence-electron chi connectivity index (χ0n) is 9.94. The predicted octanol–water partition coefficient (Wildman–Crippen LogP) is 4.40. The first-order valence-corrected chi connectivity index (χ1v) is 6.43. The summed E-state index contributed by atoms with van der Waals surface area (Å²) in [7, 11) is 0. The van der Waals surface area contributed by atoms with Crippen LogP contribution in [0.5, 0.6) is 0 Å². The van der Waals surface area contributed by atoms with Gasteiger partial charge in [0.15, 0.2) is 5.78 Å². The Hall–Kier alpha value is -1.94. The van der Waals surface area contributed by atoms with Crippen molar-refractivity contribution in [3.05, 3.63) is 76.7 Å². The molecule has 96 valence electrons. The Labute approximate surface area is 119 Å². The van der Waals surface area contributed by atoms with E-state index in [1.165, 1.54) is 18.3 Å². The van der Waals surface area contributed by atoms with Crippen molar-refractivity contribution in [1.29, 1.82) is 0 Å². The third-order valence-corrected chi connectivity index (χ3v) is 3.07. The first-order valence-electron chi connectivity index (χ1n) is 5.64. The van der Waals surface area contributed by atoms with Crippen molar-refractivity contribution in [3.63, 3.8) is 0 Å². The molecule has 0 saturated heterocycles. The van der Waals surface area contributed by atoms with Gasteiger partial charge in [-0.1, -0.05) is 30.3 Å². The second-order valence-electron chi connectivity index (χ2n) is 3.84. The Morgan fingerprint density at radius 2 is 1.89 bits per heavy atom. The Morgan fingerprint density at radius 3 is 2.58 bits per heavy atom. The van der Waals surface area contributed by atoms with Gasteiger partial charge in [0.25, 0.3) is 0 Å². The van der Waals surface area contributed by atoms with Gasteiger partial charge in [-0.05, 0) is 34.1 Å². The van der Waals surface area contributed by atoms with Gasteiger partial charge in [0, 0.05) is 23.5 Å². The van der Waals surface area contributed by atoms with Crippen LogP contribution in [0.25, 0.3) is 0 Å². The number of carbonyl (C=O) groups excluding carboxylic acids is 1. The van der Waals surface area contributed by atoms with Crippen molar-refractivity contribution in [1.82, 2.24) is 0 Å². The van der Waals surface area contributed by atoms with Crippen LogP contribution in [-0.2, 0) is 0 Å². The topological polar surface area (TPSA) is 29.1 Å².